The Morgan fingerprint density at radius 1 is 1.46 bits per heavy atom. The van der Waals surface area contributed by atoms with Crippen LogP contribution in [-0.4, -0.2) is 11.6 Å². The monoisotopic (exact) mass is 195 g/mol. The molecule has 0 spiro atoms. The first-order chi connectivity index (χ1) is 6.09. The van der Waals surface area contributed by atoms with Gasteiger partial charge in [0.1, 0.15) is 17.3 Å². The maximum Gasteiger partial charge on any atom is 0.138 e. The minimum Gasteiger partial charge on any atom is -0.486 e. The van der Waals surface area contributed by atoms with Gasteiger partial charge in [-0.1, -0.05) is 24.4 Å². The zero-order valence-electron chi connectivity index (χ0n) is 7.83. The molecule has 0 aliphatic rings. The van der Waals surface area contributed by atoms with Crippen LogP contribution in [0.15, 0.2) is 18.2 Å². The maximum absolute atomic E-state index is 5.41. The van der Waals surface area contributed by atoms with Gasteiger partial charge in [0.15, 0.2) is 0 Å². The average Bonchev–Trinajstić information content (AvgIpc) is 2.06. The number of aryl methyl sites for hydroxylation is 2. The highest BCUT2D eigenvalue weighted by Gasteiger charge is 1.99. The number of hydrogen-bond donors (Lipinski definition) is 1. The van der Waals surface area contributed by atoms with Gasteiger partial charge >= 0.3 is 0 Å². The Hall–Kier alpha value is -1.09. The standard InChI is InChI=1S/C10H13NOS/c1-7-3-4-8(2)9(5-7)12-6-10(11)13/h3-5H,6H2,1-2H3,(H2,11,13). The summed E-state index contributed by atoms with van der Waals surface area (Å²) in [4.78, 5) is 0.376. The lowest BCUT2D eigenvalue weighted by Crippen LogP contribution is -2.18. The van der Waals surface area contributed by atoms with E-state index in [1.807, 2.05) is 32.0 Å². The summed E-state index contributed by atoms with van der Waals surface area (Å²) >= 11 is 4.72. The third-order valence-corrected chi connectivity index (χ3v) is 1.83. The van der Waals surface area contributed by atoms with Gasteiger partial charge in [-0.25, -0.2) is 0 Å². The minimum absolute atomic E-state index is 0.305. The molecule has 0 fully saturated rings. The second-order valence-corrected chi connectivity index (χ2v) is 3.55. The van der Waals surface area contributed by atoms with Crippen LogP contribution >= 0.6 is 12.2 Å². The van der Waals surface area contributed by atoms with Crippen molar-refractivity contribution in [1.82, 2.24) is 0 Å². The summed E-state index contributed by atoms with van der Waals surface area (Å²) in [5, 5.41) is 0. The molecule has 2 nitrogen and oxygen atoms in total. The molecule has 1 rings (SSSR count). The van der Waals surface area contributed by atoms with Crippen LogP contribution in [0, 0.1) is 13.8 Å². The first-order valence-electron chi connectivity index (χ1n) is 4.08. The lowest BCUT2D eigenvalue weighted by Gasteiger charge is -2.08. The lowest BCUT2D eigenvalue weighted by molar-refractivity contribution is 0.374. The van der Waals surface area contributed by atoms with Crippen LogP contribution in [-0.2, 0) is 0 Å². The lowest BCUT2D eigenvalue weighted by atomic mass is 10.1. The molecule has 13 heavy (non-hydrogen) atoms. The van der Waals surface area contributed by atoms with Crippen LogP contribution < -0.4 is 10.5 Å². The summed E-state index contributed by atoms with van der Waals surface area (Å²) in [5.74, 6) is 0.854. The fourth-order valence-electron chi connectivity index (χ4n) is 1.01. The molecule has 0 aliphatic heterocycles. The highest BCUT2D eigenvalue weighted by atomic mass is 32.1. The van der Waals surface area contributed by atoms with E-state index >= 15 is 0 Å². The van der Waals surface area contributed by atoms with Crippen LogP contribution in [0.25, 0.3) is 0 Å². The molecule has 0 atom stereocenters. The van der Waals surface area contributed by atoms with Gasteiger partial charge in [0, 0.05) is 0 Å². The van der Waals surface area contributed by atoms with Gasteiger partial charge in [-0.15, -0.1) is 0 Å². The van der Waals surface area contributed by atoms with Crippen molar-refractivity contribution in [2.45, 2.75) is 13.8 Å². The number of hydrogen-bond acceptors (Lipinski definition) is 2. The van der Waals surface area contributed by atoms with E-state index in [1.54, 1.807) is 0 Å². The van der Waals surface area contributed by atoms with E-state index < -0.39 is 0 Å². The number of benzene rings is 1. The predicted octanol–water partition coefficient (Wildman–Crippen LogP) is 1.97. The molecule has 0 saturated carbocycles. The van der Waals surface area contributed by atoms with Gasteiger partial charge in [-0.3, -0.25) is 0 Å². The van der Waals surface area contributed by atoms with E-state index in [1.165, 1.54) is 5.56 Å². The molecule has 0 saturated heterocycles. The Bertz CT molecular complexity index is 323. The van der Waals surface area contributed by atoms with Crippen LogP contribution in [0.3, 0.4) is 0 Å². The number of nitrogens with two attached hydrogens (primary N) is 1. The summed E-state index contributed by atoms with van der Waals surface area (Å²) in [6.07, 6.45) is 0. The summed E-state index contributed by atoms with van der Waals surface area (Å²) in [6.45, 7) is 4.32. The first kappa shape index (κ1) is 9.99. The van der Waals surface area contributed by atoms with E-state index in [0.717, 1.165) is 11.3 Å². The van der Waals surface area contributed by atoms with E-state index in [-0.39, 0.29) is 0 Å². The van der Waals surface area contributed by atoms with Crippen LogP contribution in [0.2, 0.25) is 0 Å². The van der Waals surface area contributed by atoms with E-state index in [4.69, 9.17) is 22.7 Å². The van der Waals surface area contributed by atoms with Crippen molar-refractivity contribution in [3.63, 3.8) is 0 Å². The Labute approximate surface area is 83.7 Å². The fourth-order valence-corrected chi connectivity index (χ4v) is 1.07. The molecule has 1 aromatic rings. The van der Waals surface area contributed by atoms with Crippen molar-refractivity contribution < 1.29 is 4.74 Å². The summed E-state index contributed by atoms with van der Waals surface area (Å²) in [5.41, 5.74) is 7.60. The predicted molar refractivity (Wildman–Crippen MR) is 58.2 cm³/mol. The quantitative estimate of drug-likeness (QED) is 0.749. The molecule has 0 heterocycles. The average molecular weight is 195 g/mol. The van der Waals surface area contributed by atoms with Gasteiger partial charge in [0.2, 0.25) is 0 Å². The van der Waals surface area contributed by atoms with Gasteiger partial charge in [0.25, 0.3) is 0 Å². The summed E-state index contributed by atoms with van der Waals surface area (Å²) in [7, 11) is 0. The second kappa shape index (κ2) is 4.23. The molecule has 1 aromatic carbocycles. The van der Waals surface area contributed by atoms with Gasteiger partial charge < -0.3 is 10.5 Å². The van der Waals surface area contributed by atoms with Crippen LogP contribution in [0.4, 0.5) is 0 Å². The number of ether oxygens (including phenoxy) is 1. The molecule has 2 N–H and O–H groups in total. The van der Waals surface area contributed by atoms with Crippen LogP contribution in [0.1, 0.15) is 11.1 Å². The van der Waals surface area contributed by atoms with E-state index in [9.17, 15) is 0 Å². The molecule has 0 radical (unpaired) electrons. The van der Waals surface area contributed by atoms with Crippen molar-refractivity contribution >= 4 is 17.2 Å². The van der Waals surface area contributed by atoms with Crippen molar-refractivity contribution in [3.05, 3.63) is 29.3 Å². The molecule has 0 unspecified atom stereocenters. The van der Waals surface area contributed by atoms with Crippen molar-refractivity contribution in [3.8, 4) is 5.75 Å². The molecule has 0 amide bonds. The zero-order valence-corrected chi connectivity index (χ0v) is 8.65. The maximum atomic E-state index is 5.41. The second-order valence-electron chi connectivity index (χ2n) is 3.02. The van der Waals surface area contributed by atoms with Crippen LogP contribution in [0.5, 0.6) is 5.75 Å². The normalized spacial score (nSPS) is 9.69. The summed E-state index contributed by atoms with van der Waals surface area (Å²) in [6, 6.07) is 6.04. The first-order valence-corrected chi connectivity index (χ1v) is 4.49. The Kier molecular flexibility index (Phi) is 3.25. The molecular formula is C10H13NOS. The van der Waals surface area contributed by atoms with Gasteiger partial charge in [-0.2, -0.15) is 0 Å². The highest BCUT2D eigenvalue weighted by molar-refractivity contribution is 7.80. The van der Waals surface area contributed by atoms with Gasteiger partial charge in [0.05, 0.1) is 0 Å². The zero-order chi connectivity index (χ0) is 9.84. The third kappa shape index (κ3) is 3.03. The Morgan fingerprint density at radius 2 is 2.15 bits per heavy atom. The smallest absolute Gasteiger partial charge is 0.138 e. The fraction of sp³-hybridized carbons (Fsp3) is 0.300. The Morgan fingerprint density at radius 3 is 2.77 bits per heavy atom. The van der Waals surface area contributed by atoms with Crippen molar-refractivity contribution in [2.24, 2.45) is 5.73 Å². The largest absolute Gasteiger partial charge is 0.486 e. The molecule has 0 bridgehead atoms. The topological polar surface area (TPSA) is 35.2 Å². The SMILES string of the molecule is Cc1ccc(C)c(OCC(N)=S)c1. The molecular weight excluding hydrogens is 182 g/mol. The Balaban J connectivity index is 2.75. The molecule has 0 aliphatic carbocycles. The van der Waals surface area contributed by atoms with E-state index in [0.29, 0.717) is 11.6 Å². The van der Waals surface area contributed by atoms with E-state index in [2.05, 4.69) is 0 Å². The highest BCUT2D eigenvalue weighted by Crippen LogP contribution is 2.18. The van der Waals surface area contributed by atoms with Crippen molar-refractivity contribution in [2.75, 3.05) is 6.61 Å². The molecule has 70 valence electrons. The van der Waals surface area contributed by atoms with Crippen molar-refractivity contribution in [1.29, 1.82) is 0 Å². The summed E-state index contributed by atoms with van der Waals surface area (Å²) < 4.78 is 5.41. The third-order valence-electron chi connectivity index (χ3n) is 1.71. The minimum atomic E-state index is 0.305. The number of thiocarbonyl (C=S) groups is 1. The molecule has 3 heteroatoms. The van der Waals surface area contributed by atoms with Gasteiger partial charge in [-0.05, 0) is 31.0 Å². The number of rotatable bonds is 3. The molecule has 0 aromatic heterocycles.